The first kappa shape index (κ1) is 14.7. The van der Waals surface area contributed by atoms with Gasteiger partial charge in [-0.3, -0.25) is 9.89 Å². The Hall–Kier alpha value is -2.89. The molecule has 0 saturated carbocycles. The molecule has 0 fully saturated rings. The number of nitrogens with one attached hydrogen (secondary N) is 1. The fraction of sp³-hybridized carbons (Fsp3) is 0.278. The second kappa shape index (κ2) is 5.96. The highest BCUT2D eigenvalue weighted by atomic mass is 16.2. The fourth-order valence-electron chi connectivity index (χ4n) is 3.50. The van der Waals surface area contributed by atoms with Crippen molar-refractivity contribution in [1.82, 2.24) is 24.6 Å². The predicted octanol–water partition coefficient (Wildman–Crippen LogP) is 2.88. The van der Waals surface area contributed by atoms with Crippen LogP contribution in [0.1, 0.15) is 35.4 Å². The molecule has 3 heterocycles. The minimum Gasteiger partial charge on any atom is -0.348 e. The highest BCUT2D eigenvalue weighted by Crippen LogP contribution is 2.31. The average molecular weight is 321 g/mol. The standard InChI is InChI=1S/C18H19N5O/c1-2-15-16-8-5-9-22(16)10-11-23(15)18(24)14-7-4-3-6-13(14)17-19-12-20-21-17/h3-9,12,15H,2,10-11H2,1H3,(H,19,20,21). The van der Waals surface area contributed by atoms with Gasteiger partial charge in [-0.15, -0.1) is 0 Å². The molecule has 0 spiro atoms. The van der Waals surface area contributed by atoms with Crippen molar-refractivity contribution in [3.05, 3.63) is 60.2 Å². The molecule has 0 radical (unpaired) electrons. The van der Waals surface area contributed by atoms with Crippen molar-refractivity contribution < 1.29 is 4.79 Å². The molecule has 1 atom stereocenters. The molecule has 1 amide bonds. The van der Waals surface area contributed by atoms with Crippen molar-refractivity contribution in [2.45, 2.75) is 25.9 Å². The van der Waals surface area contributed by atoms with Crippen LogP contribution in [0.4, 0.5) is 0 Å². The van der Waals surface area contributed by atoms with Crippen LogP contribution in [0.25, 0.3) is 11.4 Å². The maximum atomic E-state index is 13.3. The number of amides is 1. The van der Waals surface area contributed by atoms with Crippen molar-refractivity contribution in [1.29, 1.82) is 0 Å². The van der Waals surface area contributed by atoms with Gasteiger partial charge in [0, 0.05) is 30.5 Å². The van der Waals surface area contributed by atoms with Gasteiger partial charge < -0.3 is 9.47 Å². The summed E-state index contributed by atoms with van der Waals surface area (Å²) in [5.41, 5.74) is 2.65. The van der Waals surface area contributed by atoms with Gasteiger partial charge in [0.2, 0.25) is 0 Å². The quantitative estimate of drug-likeness (QED) is 0.806. The Balaban J connectivity index is 1.73. The highest BCUT2D eigenvalue weighted by Gasteiger charge is 2.31. The normalized spacial score (nSPS) is 16.9. The SMILES string of the molecule is CCC1c2cccn2CCN1C(=O)c1ccccc1-c1ncn[nH]1. The van der Waals surface area contributed by atoms with Gasteiger partial charge in [0.15, 0.2) is 5.82 Å². The van der Waals surface area contributed by atoms with Crippen molar-refractivity contribution in [2.24, 2.45) is 0 Å². The van der Waals surface area contributed by atoms with E-state index in [1.165, 1.54) is 12.0 Å². The Morgan fingerprint density at radius 1 is 1.25 bits per heavy atom. The van der Waals surface area contributed by atoms with Gasteiger partial charge in [0.25, 0.3) is 5.91 Å². The summed E-state index contributed by atoms with van der Waals surface area (Å²) < 4.78 is 2.24. The van der Waals surface area contributed by atoms with Crippen LogP contribution in [0, 0.1) is 0 Å². The van der Waals surface area contributed by atoms with E-state index in [1.807, 2.05) is 29.2 Å². The van der Waals surface area contributed by atoms with E-state index in [9.17, 15) is 4.79 Å². The molecule has 0 saturated heterocycles. The van der Waals surface area contributed by atoms with Gasteiger partial charge in [-0.2, -0.15) is 5.10 Å². The van der Waals surface area contributed by atoms with Gasteiger partial charge in [0.1, 0.15) is 6.33 Å². The first-order valence-electron chi connectivity index (χ1n) is 8.20. The second-order valence-corrected chi connectivity index (χ2v) is 5.93. The van der Waals surface area contributed by atoms with E-state index in [-0.39, 0.29) is 11.9 Å². The van der Waals surface area contributed by atoms with E-state index in [1.54, 1.807) is 0 Å². The molecular formula is C18H19N5O. The molecule has 6 heteroatoms. The summed E-state index contributed by atoms with van der Waals surface area (Å²) in [4.78, 5) is 19.4. The predicted molar refractivity (Wildman–Crippen MR) is 90.3 cm³/mol. The molecule has 6 nitrogen and oxygen atoms in total. The lowest BCUT2D eigenvalue weighted by Gasteiger charge is -2.37. The minimum atomic E-state index is 0.0429. The third-order valence-electron chi connectivity index (χ3n) is 4.64. The topological polar surface area (TPSA) is 66.8 Å². The number of fused-ring (bicyclic) bond motifs is 1. The summed E-state index contributed by atoms with van der Waals surface area (Å²) >= 11 is 0. The summed E-state index contributed by atoms with van der Waals surface area (Å²) in [6, 6.07) is 11.8. The number of carbonyl (C=O) groups is 1. The third-order valence-corrected chi connectivity index (χ3v) is 4.64. The molecule has 4 rings (SSSR count). The summed E-state index contributed by atoms with van der Waals surface area (Å²) in [6.07, 6.45) is 4.43. The van der Waals surface area contributed by atoms with Crippen molar-refractivity contribution in [3.63, 3.8) is 0 Å². The third kappa shape index (κ3) is 2.31. The van der Waals surface area contributed by atoms with Crippen LogP contribution >= 0.6 is 0 Å². The summed E-state index contributed by atoms with van der Waals surface area (Å²) in [5, 5.41) is 6.75. The monoisotopic (exact) mass is 321 g/mol. The molecule has 2 aromatic heterocycles. The zero-order chi connectivity index (χ0) is 16.5. The Morgan fingerprint density at radius 2 is 2.12 bits per heavy atom. The van der Waals surface area contributed by atoms with Crippen LogP contribution in [0.2, 0.25) is 0 Å². The number of H-pyrrole nitrogens is 1. The molecule has 3 aromatic rings. The Labute approximate surface area is 140 Å². The fourth-order valence-corrected chi connectivity index (χ4v) is 3.50. The van der Waals surface area contributed by atoms with Crippen molar-refractivity contribution in [2.75, 3.05) is 6.54 Å². The Bertz CT molecular complexity index is 852. The first-order chi connectivity index (χ1) is 11.8. The highest BCUT2D eigenvalue weighted by molar-refractivity contribution is 6.00. The first-order valence-corrected chi connectivity index (χ1v) is 8.20. The molecule has 1 aromatic carbocycles. The smallest absolute Gasteiger partial charge is 0.255 e. The number of aromatic nitrogens is 4. The molecule has 1 unspecified atom stereocenters. The van der Waals surface area contributed by atoms with E-state index < -0.39 is 0 Å². The zero-order valence-corrected chi connectivity index (χ0v) is 13.5. The van der Waals surface area contributed by atoms with Gasteiger partial charge in [-0.05, 0) is 24.6 Å². The second-order valence-electron chi connectivity index (χ2n) is 5.93. The zero-order valence-electron chi connectivity index (χ0n) is 13.5. The van der Waals surface area contributed by atoms with Crippen LogP contribution in [0.5, 0.6) is 0 Å². The lowest BCUT2D eigenvalue weighted by molar-refractivity contribution is 0.0618. The molecule has 1 aliphatic rings. The largest absolute Gasteiger partial charge is 0.348 e. The molecule has 1 aliphatic heterocycles. The van der Waals surface area contributed by atoms with Gasteiger partial charge in [-0.1, -0.05) is 25.1 Å². The number of rotatable bonds is 3. The molecule has 0 bridgehead atoms. The van der Waals surface area contributed by atoms with E-state index >= 15 is 0 Å². The number of nitrogens with zero attached hydrogens (tertiary/aromatic N) is 4. The van der Waals surface area contributed by atoms with Crippen LogP contribution in [0.3, 0.4) is 0 Å². The van der Waals surface area contributed by atoms with Crippen LogP contribution in [-0.4, -0.2) is 37.1 Å². The Morgan fingerprint density at radius 3 is 2.92 bits per heavy atom. The summed E-state index contributed by atoms with van der Waals surface area (Å²) in [7, 11) is 0. The van der Waals surface area contributed by atoms with Crippen molar-refractivity contribution in [3.8, 4) is 11.4 Å². The number of benzene rings is 1. The van der Waals surface area contributed by atoms with Gasteiger partial charge >= 0.3 is 0 Å². The maximum Gasteiger partial charge on any atom is 0.255 e. The molecule has 1 N–H and O–H groups in total. The lowest BCUT2D eigenvalue weighted by Crippen LogP contribution is -2.41. The minimum absolute atomic E-state index is 0.0429. The van der Waals surface area contributed by atoms with E-state index in [4.69, 9.17) is 0 Å². The van der Waals surface area contributed by atoms with E-state index in [0.29, 0.717) is 17.9 Å². The van der Waals surface area contributed by atoms with Crippen LogP contribution < -0.4 is 0 Å². The van der Waals surface area contributed by atoms with E-state index in [2.05, 4.69) is 45.0 Å². The molecule has 0 aliphatic carbocycles. The van der Waals surface area contributed by atoms with Gasteiger partial charge in [0.05, 0.1) is 11.6 Å². The maximum absolute atomic E-state index is 13.3. The molecule has 122 valence electrons. The average Bonchev–Trinajstić information content (AvgIpc) is 3.31. The molecular weight excluding hydrogens is 302 g/mol. The van der Waals surface area contributed by atoms with Crippen LogP contribution in [-0.2, 0) is 6.54 Å². The number of hydrogen-bond donors (Lipinski definition) is 1. The number of hydrogen-bond acceptors (Lipinski definition) is 3. The van der Waals surface area contributed by atoms with E-state index in [0.717, 1.165) is 18.5 Å². The van der Waals surface area contributed by atoms with Crippen LogP contribution in [0.15, 0.2) is 48.9 Å². The Kier molecular flexibility index (Phi) is 3.65. The number of aromatic amines is 1. The molecule has 24 heavy (non-hydrogen) atoms. The summed E-state index contributed by atoms with van der Waals surface area (Å²) in [6.45, 7) is 3.66. The number of carbonyl (C=O) groups excluding carboxylic acids is 1. The van der Waals surface area contributed by atoms with Gasteiger partial charge in [-0.25, -0.2) is 4.98 Å². The lowest BCUT2D eigenvalue weighted by atomic mass is 10.0. The summed E-state index contributed by atoms with van der Waals surface area (Å²) in [5.74, 6) is 0.661. The van der Waals surface area contributed by atoms with Crippen molar-refractivity contribution >= 4 is 5.91 Å².